The van der Waals surface area contributed by atoms with E-state index in [0.717, 1.165) is 3.57 Å². The van der Waals surface area contributed by atoms with Gasteiger partial charge < -0.3 is 9.88 Å². The fourth-order valence-electron chi connectivity index (χ4n) is 1.16. The molecule has 0 aromatic carbocycles. The van der Waals surface area contributed by atoms with Gasteiger partial charge in [-0.3, -0.25) is 4.79 Å². The van der Waals surface area contributed by atoms with Crippen LogP contribution in [0.15, 0.2) is 30.9 Å². The van der Waals surface area contributed by atoms with Crippen LogP contribution in [0.4, 0.5) is 5.82 Å². The average Bonchev–Trinajstić information content (AvgIpc) is 2.68. The molecule has 0 atom stereocenters. The zero-order chi connectivity index (χ0) is 11.5. The monoisotopic (exact) mass is 328 g/mol. The Morgan fingerprint density at radius 1 is 1.44 bits per heavy atom. The second-order valence-corrected chi connectivity index (χ2v) is 4.49. The number of aromatic nitrogens is 3. The van der Waals surface area contributed by atoms with Crippen molar-refractivity contribution in [3.63, 3.8) is 0 Å². The number of pyridine rings is 1. The molecule has 1 N–H and O–H groups in total. The summed E-state index contributed by atoms with van der Waals surface area (Å²) in [5.74, 6) is 0.269. The molecule has 0 saturated heterocycles. The number of halogens is 1. The number of nitrogens with zero attached hydrogens (tertiary/aromatic N) is 3. The average molecular weight is 328 g/mol. The molecule has 0 aliphatic carbocycles. The van der Waals surface area contributed by atoms with Gasteiger partial charge in [0.1, 0.15) is 11.5 Å². The molecule has 2 aromatic rings. The quantitative estimate of drug-likeness (QED) is 0.853. The lowest BCUT2D eigenvalue weighted by Crippen LogP contribution is -2.13. The summed E-state index contributed by atoms with van der Waals surface area (Å²) in [7, 11) is 1.81. The van der Waals surface area contributed by atoms with E-state index < -0.39 is 0 Å². The normalized spacial score (nSPS) is 10.1. The number of carbonyl (C=O) groups excluding carboxylic acids is 1. The van der Waals surface area contributed by atoms with Crippen molar-refractivity contribution in [3.05, 3.63) is 40.1 Å². The third kappa shape index (κ3) is 2.57. The number of carbonyl (C=O) groups is 1. The maximum absolute atomic E-state index is 11.7. The Labute approximate surface area is 106 Å². The molecule has 16 heavy (non-hydrogen) atoms. The van der Waals surface area contributed by atoms with Gasteiger partial charge >= 0.3 is 0 Å². The van der Waals surface area contributed by atoms with Crippen molar-refractivity contribution in [2.24, 2.45) is 7.05 Å². The van der Waals surface area contributed by atoms with E-state index in [2.05, 4.69) is 37.9 Å². The first-order valence-electron chi connectivity index (χ1n) is 4.56. The maximum Gasteiger partial charge on any atom is 0.276 e. The summed E-state index contributed by atoms with van der Waals surface area (Å²) in [6, 6.07) is 3.63. The van der Waals surface area contributed by atoms with Crippen LogP contribution in [0, 0.1) is 3.57 Å². The molecule has 2 rings (SSSR count). The number of hydrogen-bond donors (Lipinski definition) is 1. The van der Waals surface area contributed by atoms with E-state index in [1.807, 2.05) is 13.1 Å². The number of nitrogens with one attached hydrogen (secondary N) is 1. The van der Waals surface area contributed by atoms with E-state index in [4.69, 9.17) is 0 Å². The Hall–Kier alpha value is -1.44. The molecule has 5 nitrogen and oxygen atoms in total. The molecule has 0 aliphatic rings. The minimum absolute atomic E-state index is 0.255. The van der Waals surface area contributed by atoms with Crippen LogP contribution in [-0.2, 0) is 7.05 Å². The minimum atomic E-state index is -0.255. The van der Waals surface area contributed by atoms with E-state index in [-0.39, 0.29) is 5.91 Å². The largest absolute Gasteiger partial charge is 0.340 e. The molecular weight excluding hydrogens is 319 g/mol. The third-order valence-corrected chi connectivity index (χ3v) is 2.54. The Morgan fingerprint density at radius 2 is 2.25 bits per heavy atom. The molecule has 6 heteroatoms. The van der Waals surface area contributed by atoms with Gasteiger partial charge in [0, 0.05) is 23.0 Å². The van der Waals surface area contributed by atoms with Crippen LogP contribution in [0.25, 0.3) is 0 Å². The molecule has 2 aromatic heterocycles. The third-order valence-electron chi connectivity index (χ3n) is 1.91. The Bertz CT molecular complexity index is 506. The van der Waals surface area contributed by atoms with Crippen LogP contribution in [0.2, 0.25) is 0 Å². The van der Waals surface area contributed by atoms with Gasteiger partial charge in [0.2, 0.25) is 0 Å². The molecule has 0 bridgehead atoms. The molecule has 0 radical (unpaired) electrons. The molecule has 0 fully saturated rings. The Balaban J connectivity index is 2.10. The van der Waals surface area contributed by atoms with Crippen LogP contribution in [-0.4, -0.2) is 20.4 Å². The van der Waals surface area contributed by atoms with Crippen LogP contribution in [0.1, 0.15) is 10.5 Å². The summed E-state index contributed by atoms with van der Waals surface area (Å²) >= 11 is 2.15. The van der Waals surface area contributed by atoms with E-state index >= 15 is 0 Å². The number of hydrogen-bond acceptors (Lipinski definition) is 3. The van der Waals surface area contributed by atoms with Crippen molar-refractivity contribution >= 4 is 34.3 Å². The highest BCUT2D eigenvalue weighted by molar-refractivity contribution is 14.1. The lowest BCUT2D eigenvalue weighted by Gasteiger charge is -2.01. The molecule has 0 unspecified atom stereocenters. The first-order valence-corrected chi connectivity index (χ1v) is 5.64. The van der Waals surface area contributed by atoms with Crippen molar-refractivity contribution in [2.75, 3.05) is 5.32 Å². The minimum Gasteiger partial charge on any atom is -0.340 e. The maximum atomic E-state index is 11.7. The summed E-state index contributed by atoms with van der Waals surface area (Å²) in [4.78, 5) is 19.7. The molecule has 0 spiro atoms. The van der Waals surface area contributed by atoms with E-state index in [0.29, 0.717) is 11.5 Å². The standard InChI is InChI=1S/C10H9IN4O/c1-15-5-8(13-6-15)10(16)14-9-3-2-7(11)4-12-9/h2-6H,1H3,(H,12,14,16). The first kappa shape index (κ1) is 11.1. The first-order chi connectivity index (χ1) is 7.65. The molecular formula is C10H9IN4O. The van der Waals surface area contributed by atoms with Crippen LogP contribution < -0.4 is 5.32 Å². The Kier molecular flexibility index (Phi) is 3.18. The summed E-state index contributed by atoms with van der Waals surface area (Å²) < 4.78 is 2.74. The van der Waals surface area contributed by atoms with Crippen LogP contribution in [0.3, 0.4) is 0 Å². The van der Waals surface area contributed by atoms with E-state index in [1.54, 1.807) is 29.4 Å². The Morgan fingerprint density at radius 3 is 2.81 bits per heavy atom. The van der Waals surface area contributed by atoms with Gasteiger partial charge in [-0.15, -0.1) is 0 Å². The molecule has 2 heterocycles. The molecule has 0 aliphatic heterocycles. The van der Waals surface area contributed by atoms with Gasteiger partial charge in [0.05, 0.1) is 6.33 Å². The van der Waals surface area contributed by atoms with E-state index in [1.165, 1.54) is 0 Å². The zero-order valence-electron chi connectivity index (χ0n) is 8.51. The van der Waals surface area contributed by atoms with E-state index in [9.17, 15) is 4.79 Å². The zero-order valence-corrected chi connectivity index (χ0v) is 10.7. The summed E-state index contributed by atoms with van der Waals surface area (Å²) in [5.41, 5.74) is 0.378. The van der Waals surface area contributed by atoms with Gasteiger partial charge in [-0.25, -0.2) is 9.97 Å². The van der Waals surface area contributed by atoms with Gasteiger partial charge in [-0.05, 0) is 34.7 Å². The highest BCUT2D eigenvalue weighted by atomic mass is 127. The van der Waals surface area contributed by atoms with Crippen molar-refractivity contribution in [1.29, 1.82) is 0 Å². The second kappa shape index (κ2) is 4.60. The van der Waals surface area contributed by atoms with Gasteiger partial charge in [0.15, 0.2) is 0 Å². The number of anilines is 1. The van der Waals surface area contributed by atoms with Crippen molar-refractivity contribution in [1.82, 2.24) is 14.5 Å². The highest BCUT2D eigenvalue weighted by Gasteiger charge is 2.08. The smallest absolute Gasteiger partial charge is 0.276 e. The number of aryl methyl sites for hydroxylation is 1. The molecule has 1 amide bonds. The van der Waals surface area contributed by atoms with Gasteiger partial charge in [-0.1, -0.05) is 0 Å². The SMILES string of the molecule is Cn1cnc(C(=O)Nc2ccc(I)cn2)c1. The summed E-state index contributed by atoms with van der Waals surface area (Å²) in [6.45, 7) is 0. The fourth-order valence-corrected chi connectivity index (χ4v) is 1.48. The fraction of sp³-hybridized carbons (Fsp3) is 0.100. The predicted molar refractivity (Wildman–Crippen MR) is 68.1 cm³/mol. The molecule has 0 saturated carbocycles. The predicted octanol–water partition coefficient (Wildman–Crippen LogP) is 1.67. The summed E-state index contributed by atoms with van der Waals surface area (Å²) in [6.07, 6.45) is 4.92. The van der Waals surface area contributed by atoms with Crippen molar-refractivity contribution < 1.29 is 4.79 Å². The van der Waals surface area contributed by atoms with Crippen molar-refractivity contribution in [2.45, 2.75) is 0 Å². The lowest BCUT2D eigenvalue weighted by molar-refractivity contribution is 0.102. The number of rotatable bonds is 2. The highest BCUT2D eigenvalue weighted by Crippen LogP contribution is 2.08. The molecule has 82 valence electrons. The lowest BCUT2D eigenvalue weighted by atomic mass is 10.4. The summed E-state index contributed by atoms with van der Waals surface area (Å²) in [5, 5.41) is 2.67. The van der Waals surface area contributed by atoms with Crippen LogP contribution >= 0.6 is 22.6 Å². The van der Waals surface area contributed by atoms with Crippen LogP contribution in [0.5, 0.6) is 0 Å². The van der Waals surface area contributed by atoms with Gasteiger partial charge in [-0.2, -0.15) is 0 Å². The van der Waals surface area contributed by atoms with Crippen molar-refractivity contribution in [3.8, 4) is 0 Å². The number of imidazole rings is 1. The second-order valence-electron chi connectivity index (χ2n) is 3.24. The topological polar surface area (TPSA) is 59.8 Å². The van der Waals surface area contributed by atoms with Gasteiger partial charge in [0.25, 0.3) is 5.91 Å². The number of amides is 1.